The number of halogens is 1. The fourth-order valence-electron chi connectivity index (χ4n) is 2.76. The minimum Gasteiger partial charge on any atom is -0.488 e. The first-order valence-electron chi connectivity index (χ1n) is 7.73. The Morgan fingerprint density at radius 2 is 2.25 bits per heavy atom. The van der Waals surface area contributed by atoms with Crippen LogP contribution in [0.2, 0.25) is 0 Å². The quantitative estimate of drug-likeness (QED) is 0.435. The highest BCUT2D eigenvalue weighted by molar-refractivity contribution is 14.0. The Balaban J connectivity index is 0.00000208. The number of nitrogens with zero attached hydrogens (tertiary/aromatic N) is 3. The number of hydrogen-bond acceptors (Lipinski definition) is 4. The molecule has 0 aliphatic carbocycles. The minimum absolute atomic E-state index is 0. The van der Waals surface area contributed by atoms with Gasteiger partial charge in [-0.25, -0.2) is 4.98 Å². The summed E-state index contributed by atoms with van der Waals surface area (Å²) in [6.45, 7) is 3.51. The molecule has 0 radical (unpaired) electrons. The second-order valence-electron chi connectivity index (χ2n) is 5.69. The Morgan fingerprint density at radius 1 is 1.46 bits per heavy atom. The van der Waals surface area contributed by atoms with E-state index in [2.05, 4.69) is 37.7 Å². The van der Waals surface area contributed by atoms with Crippen molar-refractivity contribution in [3.05, 3.63) is 45.9 Å². The van der Waals surface area contributed by atoms with Crippen LogP contribution in [0.4, 0.5) is 0 Å². The largest absolute Gasteiger partial charge is 0.488 e. The predicted octanol–water partition coefficient (Wildman–Crippen LogP) is 3.08. The van der Waals surface area contributed by atoms with Crippen LogP contribution in [0, 0.1) is 6.92 Å². The van der Waals surface area contributed by atoms with Gasteiger partial charge in [0.25, 0.3) is 0 Å². The molecule has 1 aromatic carbocycles. The number of para-hydroxylation sites is 1. The van der Waals surface area contributed by atoms with Crippen molar-refractivity contribution >= 4 is 41.3 Å². The van der Waals surface area contributed by atoms with Crippen molar-refractivity contribution in [1.82, 2.24) is 15.2 Å². The van der Waals surface area contributed by atoms with Gasteiger partial charge in [-0.05, 0) is 18.6 Å². The van der Waals surface area contributed by atoms with E-state index in [-0.39, 0.29) is 30.1 Å². The van der Waals surface area contributed by atoms with Gasteiger partial charge in [0.05, 0.1) is 23.8 Å². The zero-order valence-electron chi connectivity index (χ0n) is 14.2. The van der Waals surface area contributed by atoms with Crippen molar-refractivity contribution < 1.29 is 4.74 Å². The molecule has 1 aliphatic rings. The Labute approximate surface area is 164 Å². The number of aromatic nitrogens is 1. The zero-order chi connectivity index (χ0) is 16.2. The van der Waals surface area contributed by atoms with E-state index in [1.54, 1.807) is 18.4 Å². The maximum absolute atomic E-state index is 5.96. The van der Waals surface area contributed by atoms with Crippen LogP contribution in [0.25, 0.3) is 0 Å². The van der Waals surface area contributed by atoms with Crippen LogP contribution < -0.4 is 10.1 Å². The molecule has 1 aromatic heterocycles. The normalized spacial score (nSPS) is 16.1. The third-order valence-corrected chi connectivity index (χ3v) is 4.66. The molecule has 0 saturated heterocycles. The lowest BCUT2D eigenvalue weighted by atomic mass is 10.1. The smallest absolute Gasteiger partial charge is 0.193 e. The molecule has 1 aliphatic heterocycles. The summed E-state index contributed by atoms with van der Waals surface area (Å²) in [4.78, 5) is 10.9. The van der Waals surface area contributed by atoms with Gasteiger partial charge in [0, 0.05) is 25.9 Å². The molecule has 1 unspecified atom stereocenters. The number of aryl methyl sites for hydroxylation is 1. The first-order chi connectivity index (χ1) is 11.2. The van der Waals surface area contributed by atoms with Crippen molar-refractivity contribution in [2.45, 2.75) is 26.0 Å². The molecular weight excluding hydrogens is 435 g/mol. The molecule has 0 bridgehead atoms. The molecule has 1 atom stereocenters. The molecule has 1 N–H and O–H groups in total. The van der Waals surface area contributed by atoms with Crippen LogP contribution in [0.15, 0.2) is 34.6 Å². The van der Waals surface area contributed by atoms with Gasteiger partial charge in [-0.2, -0.15) is 0 Å². The summed E-state index contributed by atoms with van der Waals surface area (Å²) in [6, 6.07) is 8.22. The third-order valence-electron chi connectivity index (χ3n) is 3.84. The summed E-state index contributed by atoms with van der Waals surface area (Å²) < 4.78 is 5.96. The Bertz CT molecular complexity index is 678. The molecule has 0 amide bonds. The molecule has 130 valence electrons. The van der Waals surface area contributed by atoms with Gasteiger partial charge < -0.3 is 15.0 Å². The van der Waals surface area contributed by atoms with Crippen molar-refractivity contribution in [2.24, 2.45) is 4.99 Å². The molecule has 3 rings (SSSR count). The second-order valence-corrected chi connectivity index (χ2v) is 6.76. The first kappa shape index (κ1) is 19.0. The monoisotopic (exact) mass is 458 g/mol. The summed E-state index contributed by atoms with van der Waals surface area (Å²) in [6.07, 6.45) is 1.09. The van der Waals surface area contributed by atoms with Gasteiger partial charge >= 0.3 is 0 Å². The number of benzene rings is 1. The molecule has 7 heteroatoms. The van der Waals surface area contributed by atoms with E-state index >= 15 is 0 Å². The lowest BCUT2D eigenvalue weighted by Crippen LogP contribution is -2.42. The van der Waals surface area contributed by atoms with Crippen molar-refractivity contribution in [3.8, 4) is 5.75 Å². The standard InChI is InChI=1S/C17H22N4OS.HI/c1-12-20-14(11-23-12)10-21(3)17(18-2)19-9-15-8-13-6-4-5-7-16(13)22-15;/h4-7,11,15H,8-10H2,1-3H3,(H,18,19);1H. The lowest BCUT2D eigenvalue weighted by molar-refractivity contribution is 0.233. The summed E-state index contributed by atoms with van der Waals surface area (Å²) in [5, 5.41) is 6.58. The van der Waals surface area contributed by atoms with E-state index in [0.29, 0.717) is 0 Å². The Kier molecular flexibility index (Phi) is 6.85. The number of guanidine groups is 1. The topological polar surface area (TPSA) is 49.8 Å². The van der Waals surface area contributed by atoms with E-state index in [9.17, 15) is 0 Å². The molecule has 0 saturated carbocycles. The predicted molar refractivity (Wildman–Crippen MR) is 110 cm³/mol. The van der Waals surface area contributed by atoms with Crippen molar-refractivity contribution in [2.75, 3.05) is 20.6 Å². The van der Waals surface area contributed by atoms with Gasteiger partial charge in [-0.1, -0.05) is 18.2 Å². The van der Waals surface area contributed by atoms with Gasteiger partial charge in [0.1, 0.15) is 11.9 Å². The molecule has 24 heavy (non-hydrogen) atoms. The molecule has 0 fully saturated rings. The second kappa shape index (κ2) is 8.66. The maximum Gasteiger partial charge on any atom is 0.193 e. The van der Waals surface area contributed by atoms with E-state index in [4.69, 9.17) is 4.74 Å². The van der Waals surface area contributed by atoms with Crippen LogP contribution in [0.5, 0.6) is 5.75 Å². The van der Waals surface area contributed by atoms with Crippen molar-refractivity contribution in [1.29, 1.82) is 0 Å². The van der Waals surface area contributed by atoms with Gasteiger partial charge in [-0.3, -0.25) is 4.99 Å². The summed E-state index contributed by atoms with van der Waals surface area (Å²) >= 11 is 1.67. The SMILES string of the molecule is CN=C(NCC1Cc2ccccc2O1)N(C)Cc1csc(C)n1.I. The summed E-state index contributed by atoms with van der Waals surface area (Å²) in [5.74, 6) is 1.86. The van der Waals surface area contributed by atoms with Crippen LogP contribution in [-0.2, 0) is 13.0 Å². The van der Waals surface area contributed by atoms with Crippen LogP contribution in [0.3, 0.4) is 0 Å². The average molecular weight is 458 g/mol. The highest BCUT2D eigenvalue weighted by Gasteiger charge is 2.22. The number of nitrogens with one attached hydrogen (secondary N) is 1. The summed E-state index contributed by atoms with van der Waals surface area (Å²) in [5.41, 5.74) is 2.35. The fraction of sp³-hybridized carbons (Fsp3) is 0.412. The van der Waals surface area contributed by atoms with E-state index in [0.717, 1.165) is 41.9 Å². The summed E-state index contributed by atoms with van der Waals surface area (Å²) in [7, 11) is 3.82. The molecule has 2 aromatic rings. The van der Waals surface area contributed by atoms with E-state index in [1.165, 1.54) is 5.56 Å². The van der Waals surface area contributed by atoms with Crippen LogP contribution in [-0.4, -0.2) is 42.6 Å². The third kappa shape index (κ3) is 4.60. The number of ether oxygens (including phenoxy) is 1. The molecule has 2 heterocycles. The number of thiazole rings is 1. The van der Waals surface area contributed by atoms with Gasteiger partial charge in [-0.15, -0.1) is 35.3 Å². The fourth-order valence-corrected chi connectivity index (χ4v) is 3.36. The Morgan fingerprint density at radius 3 is 2.92 bits per heavy atom. The van der Waals surface area contributed by atoms with E-state index < -0.39 is 0 Å². The van der Waals surface area contributed by atoms with Crippen molar-refractivity contribution in [3.63, 3.8) is 0 Å². The maximum atomic E-state index is 5.96. The van der Waals surface area contributed by atoms with Crippen LogP contribution >= 0.6 is 35.3 Å². The molecule has 5 nitrogen and oxygen atoms in total. The van der Waals surface area contributed by atoms with Gasteiger partial charge in [0.2, 0.25) is 0 Å². The zero-order valence-corrected chi connectivity index (χ0v) is 17.3. The number of hydrogen-bond donors (Lipinski definition) is 1. The first-order valence-corrected chi connectivity index (χ1v) is 8.61. The molecule has 0 spiro atoms. The van der Waals surface area contributed by atoms with Crippen LogP contribution in [0.1, 0.15) is 16.3 Å². The molecular formula is C17H23IN4OS. The van der Waals surface area contributed by atoms with E-state index in [1.807, 2.05) is 26.1 Å². The highest BCUT2D eigenvalue weighted by Crippen LogP contribution is 2.27. The number of rotatable bonds is 4. The minimum atomic E-state index is 0. The number of aliphatic imine (C=N–C) groups is 1. The van der Waals surface area contributed by atoms with Gasteiger partial charge in [0.15, 0.2) is 5.96 Å². The highest BCUT2D eigenvalue weighted by atomic mass is 127. The Hall–Kier alpha value is -1.35. The lowest BCUT2D eigenvalue weighted by Gasteiger charge is -2.22. The number of fused-ring (bicyclic) bond motifs is 1. The average Bonchev–Trinajstić information content (AvgIpc) is 3.13.